The van der Waals surface area contributed by atoms with Crippen molar-refractivity contribution in [1.82, 2.24) is 9.88 Å². The van der Waals surface area contributed by atoms with Gasteiger partial charge in [0, 0.05) is 37.1 Å². The fourth-order valence-electron chi connectivity index (χ4n) is 2.78. The number of ether oxygens (including phenoxy) is 1. The maximum atomic E-state index is 12.6. The maximum Gasteiger partial charge on any atom is 0.255 e. The van der Waals surface area contributed by atoms with Gasteiger partial charge in [-0.1, -0.05) is 12.1 Å². The number of methoxy groups -OCH3 is 1. The summed E-state index contributed by atoms with van der Waals surface area (Å²) >= 11 is 0. The average Bonchev–Trinajstić information content (AvgIpc) is 2.62. The molecule has 1 aromatic heterocycles. The van der Waals surface area contributed by atoms with E-state index in [2.05, 4.69) is 4.98 Å². The number of carbonyl (C=O) groups is 1. The number of aromatic nitrogens is 1. The van der Waals surface area contributed by atoms with Crippen molar-refractivity contribution in [3.63, 3.8) is 0 Å². The van der Waals surface area contributed by atoms with E-state index < -0.39 is 0 Å². The van der Waals surface area contributed by atoms with E-state index in [1.54, 1.807) is 19.5 Å². The second-order valence-electron chi connectivity index (χ2n) is 5.82. The van der Waals surface area contributed by atoms with Crippen molar-refractivity contribution < 1.29 is 9.53 Å². The minimum absolute atomic E-state index is 0.0276. The summed E-state index contributed by atoms with van der Waals surface area (Å²) in [4.78, 5) is 18.7. The number of hydrogen-bond acceptors (Lipinski definition) is 4. The molecule has 23 heavy (non-hydrogen) atoms. The summed E-state index contributed by atoms with van der Waals surface area (Å²) < 4.78 is 5.17. The largest absolute Gasteiger partial charge is 0.497 e. The van der Waals surface area contributed by atoms with Crippen LogP contribution in [-0.2, 0) is 0 Å². The van der Waals surface area contributed by atoms with Crippen LogP contribution in [0.25, 0.3) is 11.1 Å². The van der Waals surface area contributed by atoms with Crippen molar-refractivity contribution in [2.45, 2.75) is 18.9 Å². The van der Waals surface area contributed by atoms with Crippen LogP contribution in [0.2, 0.25) is 0 Å². The Bertz CT molecular complexity index is 677. The number of rotatable bonds is 3. The Hall–Kier alpha value is -2.40. The molecule has 3 rings (SSSR count). The first-order chi connectivity index (χ1) is 11.2. The molecule has 1 fully saturated rings. The third-order valence-corrected chi connectivity index (χ3v) is 4.24. The number of pyridine rings is 1. The summed E-state index contributed by atoms with van der Waals surface area (Å²) in [6.07, 6.45) is 5.11. The third-order valence-electron chi connectivity index (χ3n) is 4.24. The maximum absolute atomic E-state index is 12.6. The number of likely N-dealkylation sites (tertiary alicyclic amines) is 1. The Morgan fingerprint density at radius 3 is 2.52 bits per heavy atom. The van der Waals surface area contributed by atoms with Crippen molar-refractivity contribution in [2.24, 2.45) is 5.73 Å². The first-order valence-corrected chi connectivity index (χ1v) is 7.81. The smallest absolute Gasteiger partial charge is 0.255 e. The molecule has 0 atom stereocenters. The minimum atomic E-state index is 0.0276. The van der Waals surface area contributed by atoms with Crippen LogP contribution in [0.4, 0.5) is 0 Å². The van der Waals surface area contributed by atoms with Crippen molar-refractivity contribution in [3.05, 3.63) is 48.3 Å². The summed E-state index contributed by atoms with van der Waals surface area (Å²) in [5, 5.41) is 0. The molecule has 1 aromatic carbocycles. The monoisotopic (exact) mass is 311 g/mol. The molecule has 1 aliphatic heterocycles. The number of piperidine rings is 1. The first-order valence-electron chi connectivity index (χ1n) is 7.81. The van der Waals surface area contributed by atoms with Gasteiger partial charge >= 0.3 is 0 Å². The number of hydrogen-bond donors (Lipinski definition) is 1. The van der Waals surface area contributed by atoms with Gasteiger partial charge in [0.05, 0.1) is 12.7 Å². The second kappa shape index (κ2) is 6.79. The van der Waals surface area contributed by atoms with Crippen molar-refractivity contribution in [1.29, 1.82) is 0 Å². The lowest BCUT2D eigenvalue weighted by Crippen LogP contribution is -2.42. The summed E-state index contributed by atoms with van der Waals surface area (Å²) in [5.74, 6) is 0.832. The summed E-state index contributed by atoms with van der Waals surface area (Å²) in [5.41, 5.74) is 8.45. The summed E-state index contributed by atoms with van der Waals surface area (Å²) in [6, 6.07) is 9.83. The molecule has 0 unspecified atom stereocenters. The number of nitrogens with two attached hydrogens (primary N) is 1. The Kier molecular flexibility index (Phi) is 4.57. The average molecular weight is 311 g/mol. The molecule has 2 aromatic rings. The minimum Gasteiger partial charge on any atom is -0.497 e. The highest BCUT2D eigenvalue weighted by Crippen LogP contribution is 2.23. The lowest BCUT2D eigenvalue weighted by atomic mass is 10.0. The molecule has 0 bridgehead atoms. The molecule has 5 heteroatoms. The van der Waals surface area contributed by atoms with Crippen LogP contribution in [0, 0.1) is 0 Å². The fraction of sp³-hybridized carbons (Fsp3) is 0.333. The standard InChI is InChI=1S/C18H21N3O2/c1-23-17-4-2-13(3-5-17)14-10-15(12-20-11-14)18(22)21-8-6-16(19)7-9-21/h2-5,10-12,16H,6-9,19H2,1H3. The van der Waals surface area contributed by atoms with Crippen molar-refractivity contribution in [2.75, 3.05) is 20.2 Å². The van der Waals surface area contributed by atoms with E-state index in [1.807, 2.05) is 35.2 Å². The van der Waals surface area contributed by atoms with Crippen LogP contribution < -0.4 is 10.5 Å². The van der Waals surface area contributed by atoms with Crippen molar-refractivity contribution >= 4 is 5.91 Å². The van der Waals surface area contributed by atoms with Gasteiger partial charge in [0.15, 0.2) is 0 Å². The van der Waals surface area contributed by atoms with E-state index in [0.29, 0.717) is 18.7 Å². The molecule has 0 spiro atoms. The Labute approximate surface area is 136 Å². The number of amides is 1. The van der Waals surface area contributed by atoms with Crippen LogP contribution >= 0.6 is 0 Å². The molecule has 120 valence electrons. The van der Waals surface area contributed by atoms with Gasteiger partial charge in [-0.05, 0) is 36.6 Å². The molecule has 2 N–H and O–H groups in total. The summed E-state index contributed by atoms with van der Waals surface area (Å²) in [6.45, 7) is 1.43. The van der Waals surface area contributed by atoms with Crippen LogP contribution in [-0.4, -0.2) is 42.0 Å². The highest BCUT2D eigenvalue weighted by molar-refractivity contribution is 5.95. The molecular formula is C18H21N3O2. The number of nitrogens with zero attached hydrogens (tertiary/aromatic N) is 2. The van der Waals surface area contributed by atoms with E-state index >= 15 is 0 Å². The third kappa shape index (κ3) is 3.51. The molecule has 0 aliphatic carbocycles. The predicted molar refractivity (Wildman–Crippen MR) is 89.3 cm³/mol. The summed E-state index contributed by atoms with van der Waals surface area (Å²) in [7, 11) is 1.64. The highest BCUT2D eigenvalue weighted by Gasteiger charge is 2.22. The zero-order chi connectivity index (χ0) is 16.2. The number of carbonyl (C=O) groups excluding carboxylic acids is 1. The SMILES string of the molecule is COc1ccc(-c2cncc(C(=O)N3CCC(N)CC3)c2)cc1. The van der Waals surface area contributed by atoms with Gasteiger partial charge in [-0.3, -0.25) is 9.78 Å². The van der Waals surface area contributed by atoms with E-state index in [4.69, 9.17) is 10.5 Å². The van der Waals surface area contributed by atoms with E-state index in [1.165, 1.54) is 0 Å². The zero-order valence-electron chi connectivity index (χ0n) is 13.2. The lowest BCUT2D eigenvalue weighted by molar-refractivity contribution is 0.0714. The predicted octanol–water partition coefficient (Wildman–Crippen LogP) is 2.32. The van der Waals surface area contributed by atoms with Crippen LogP contribution in [0.5, 0.6) is 5.75 Å². The topological polar surface area (TPSA) is 68.5 Å². The second-order valence-corrected chi connectivity index (χ2v) is 5.82. The van der Waals surface area contributed by atoms with E-state index in [9.17, 15) is 4.79 Å². The molecule has 1 aliphatic rings. The zero-order valence-corrected chi connectivity index (χ0v) is 13.2. The molecule has 1 amide bonds. The molecule has 2 heterocycles. The fourth-order valence-corrected chi connectivity index (χ4v) is 2.78. The van der Waals surface area contributed by atoms with E-state index in [0.717, 1.165) is 29.7 Å². The van der Waals surface area contributed by atoms with E-state index in [-0.39, 0.29) is 11.9 Å². The molecule has 0 radical (unpaired) electrons. The van der Waals surface area contributed by atoms with Gasteiger partial charge in [-0.15, -0.1) is 0 Å². The molecule has 5 nitrogen and oxygen atoms in total. The van der Waals surface area contributed by atoms with Gasteiger partial charge in [-0.2, -0.15) is 0 Å². The highest BCUT2D eigenvalue weighted by atomic mass is 16.5. The molecular weight excluding hydrogens is 290 g/mol. The number of benzene rings is 1. The molecule has 1 saturated heterocycles. The van der Waals surface area contributed by atoms with Crippen LogP contribution in [0.1, 0.15) is 23.2 Å². The normalized spacial score (nSPS) is 15.5. The Morgan fingerprint density at radius 2 is 1.87 bits per heavy atom. The van der Waals surface area contributed by atoms with Gasteiger partial charge in [0.1, 0.15) is 5.75 Å². The van der Waals surface area contributed by atoms with Gasteiger partial charge in [0.25, 0.3) is 5.91 Å². The Morgan fingerprint density at radius 1 is 1.17 bits per heavy atom. The Balaban J connectivity index is 1.80. The first kappa shape index (κ1) is 15.5. The van der Waals surface area contributed by atoms with Crippen molar-refractivity contribution in [3.8, 4) is 16.9 Å². The van der Waals surface area contributed by atoms with Gasteiger partial charge in [0.2, 0.25) is 0 Å². The quantitative estimate of drug-likeness (QED) is 0.944. The van der Waals surface area contributed by atoms with Crippen LogP contribution in [0.3, 0.4) is 0 Å². The lowest BCUT2D eigenvalue weighted by Gasteiger charge is -2.30. The van der Waals surface area contributed by atoms with Gasteiger partial charge < -0.3 is 15.4 Å². The van der Waals surface area contributed by atoms with Gasteiger partial charge in [-0.25, -0.2) is 0 Å². The molecule has 0 saturated carbocycles. The van der Waals surface area contributed by atoms with Crippen LogP contribution in [0.15, 0.2) is 42.7 Å².